The summed E-state index contributed by atoms with van der Waals surface area (Å²) in [7, 11) is 0. The average molecular weight is 254 g/mol. The van der Waals surface area contributed by atoms with Crippen molar-refractivity contribution in [1.29, 1.82) is 5.26 Å². The van der Waals surface area contributed by atoms with Crippen LogP contribution in [0.25, 0.3) is 0 Å². The zero-order chi connectivity index (χ0) is 13.4. The first-order valence-electron chi connectivity index (χ1n) is 5.33. The van der Waals surface area contributed by atoms with Gasteiger partial charge in [0.1, 0.15) is 5.75 Å². The number of amides is 1. The highest BCUT2D eigenvalue weighted by Crippen LogP contribution is 2.14. The number of halogens is 2. The second-order valence-electron chi connectivity index (χ2n) is 3.42. The van der Waals surface area contributed by atoms with E-state index < -0.39 is 6.61 Å². The molecular weight excluding hydrogens is 242 g/mol. The van der Waals surface area contributed by atoms with Crippen molar-refractivity contribution in [2.75, 3.05) is 6.54 Å². The van der Waals surface area contributed by atoms with Crippen LogP contribution in [-0.4, -0.2) is 19.1 Å². The second-order valence-corrected chi connectivity index (χ2v) is 3.42. The molecule has 0 saturated heterocycles. The molecule has 18 heavy (non-hydrogen) atoms. The van der Waals surface area contributed by atoms with Crippen molar-refractivity contribution in [3.8, 4) is 11.8 Å². The van der Waals surface area contributed by atoms with Crippen molar-refractivity contribution in [3.63, 3.8) is 0 Å². The summed E-state index contributed by atoms with van der Waals surface area (Å²) in [5.41, 5.74) is 0.355. The van der Waals surface area contributed by atoms with E-state index in [1.165, 1.54) is 24.3 Å². The fourth-order valence-corrected chi connectivity index (χ4v) is 1.26. The largest absolute Gasteiger partial charge is 0.435 e. The Morgan fingerprint density at radius 2 is 2.06 bits per heavy atom. The standard InChI is InChI=1S/C12H12F2N2O2/c13-12(14)18-10-5-3-9(4-6-10)11(17)16-8-2-1-7-15/h3-6,12H,1-2,8H2,(H,16,17). The van der Waals surface area contributed by atoms with Crippen molar-refractivity contribution in [2.45, 2.75) is 19.5 Å². The maximum Gasteiger partial charge on any atom is 0.387 e. The molecule has 4 nitrogen and oxygen atoms in total. The Morgan fingerprint density at radius 1 is 1.39 bits per heavy atom. The molecule has 0 radical (unpaired) electrons. The molecule has 0 saturated carbocycles. The van der Waals surface area contributed by atoms with E-state index in [0.29, 0.717) is 24.9 Å². The predicted molar refractivity (Wildman–Crippen MR) is 60.3 cm³/mol. The van der Waals surface area contributed by atoms with Crippen LogP contribution in [0.2, 0.25) is 0 Å². The van der Waals surface area contributed by atoms with Gasteiger partial charge >= 0.3 is 6.61 Å². The van der Waals surface area contributed by atoms with E-state index in [2.05, 4.69) is 10.1 Å². The third kappa shape index (κ3) is 4.78. The summed E-state index contributed by atoms with van der Waals surface area (Å²) in [4.78, 5) is 11.6. The molecule has 1 N–H and O–H groups in total. The Hall–Kier alpha value is -2.16. The Bertz CT molecular complexity index is 427. The maximum absolute atomic E-state index is 11.9. The lowest BCUT2D eigenvalue weighted by Crippen LogP contribution is -2.24. The summed E-state index contributed by atoms with van der Waals surface area (Å²) >= 11 is 0. The Labute approximate surface area is 103 Å². The van der Waals surface area contributed by atoms with Crippen molar-refractivity contribution in [1.82, 2.24) is 5.32 Å². The SMILES string of the molecule is N#CCCCNC(=O)c1ccc(OC(F)F)cc1. The molecular formula is C12H12F2N2O2. The van der Waals surface area contributed by atoms with Gasteiger partial charge in [0, 0.05) is 18.5 Å². The highest BCUT2D eigenvalue weighted by molar-refractivity contribution is 5.94. The van der Waals surface area contributed by atoms with Crippen molar-refractivity contribution in [3.05, 3.63) is 29.8 Å². The minimum absolute atomic E-state index is 0.00558. The molecule has 1 rings (SSSR count). The number of ether oxygens (including phenoxy) is 1. The van der Waals surface area contributed by atoms with Gasteiger partial charge in [0.05, 0.1) is 6.07 Å². The molecule has 0 aliphatic rings. The monoisotopic (exact) mass is 254 g/mol. The summed E-state index contributed by atoms with van der Waals surface area (Å²) in [5, 5.41) is 10.9. The molecule has 0 aliphatic carbocycles. The van der Waals surface area contributed by atoms with Crippen LogP contribution in [0.15, 0.2) is 24.3 Å². The van der Waals surface area contributed by atoms with E-state index in [9.17, 15) is 13.6 Å². The Balaban J connectivity index is 2.46. The molecule has 6 heteroatoms. The van der Waals surface area contributed by atoms with Gasteiger partial charge < -0.3 is 10.1 Å². The van der Waals surface area contributed by atoms with Crippen LogP contribution in [0.1, 0.15) is 23.2 Å². The average Bonchev–Trinajstić information content (AvgIpc) is 2.34. The van der Waals surface area contributed by atoms with Gasteiger partial charge in [-0.25, -0.2) is 0 Å². The molecule has 1 aromatic rings. The molecule has 0 bridgehead atoms. The number of carbonyl (C=O) groups excluding carboxylic acids is 1. The highest BCUT2D eigenvalue weighted by Gasteiger charge is 2.07. The zero-order valence-corrected chi connectivity index (χ0v) is 9.53. The third-order valence-corrected chi connectivity index (χ3v) is 2.09. The minimum Gasteiger partial charge on any atom is -0.435 e. The molecule has 0 atom stereocenters. The number of benzene rings is 1. The van der Waals surface area contributed by atoms with E-state index in [4.69, 9.17) is 5.26 Å². The van der Waals surface area contributed by atoms with E-state index in [1.54, 1.807) is 0 Å². The van der Waals surface area contributed by atoms with Crippen LogP contribution >= 0.6 is 0 Å². The molecule has 0 heterocycles. The van der Waals surface area contributed by atoms with Gasteiger partial charge in [0.25, 0.3) is 5.91 Å². The molecule has 0 spiro atoms. The molecule has 0 aliphatic heterocycles. The quantitative estimate of drug-likeness (QED) is 0.792. The number of nitrogens with zero attached hydrogens (tertiary/aromatic N) is 1. The summed E-state index contributed by atoms with van der Waals surface area (Å²) in [6.07, 6.45) is 0.955. The smallest absolute Gasteiger partial charge is 0.387 e. The number of hydrogen-bond acceptors (Lipinski definition) is 3. The summed E-state index contributed by atoms with van der Waals surface area (Å²) < 4.78 is 27.9. The normalized spacial score (nSPS) is 9.89. The Morgan fingerprint density at radius 3 is 2.61 bits per heavy atom. The number of alkyl halides is 2. The number of unbranched alkanes of at least 4 members (excludes halogenated alkanes) is 1. The van der Waals surface area contributed by atoms with Gasteiger partial charge in [0.15, 0.2) is 0 Å². The van der Waals surface area contributed by atoms with Crippen molar-refractivity contribution < 1.29 is 18.3 Å². The van der Waals surface area contributed by atoms with E-state index in [-0.39, 0.29) is 11.7 Å². The first kappa shape index (κ1) is 13.9. The number of nitriles is 1. The maximum atomic E-state index is 11.9. The van der Waals surface area contributed by atoms with Crippen LogP contribution in [0.3, 0.4) is 0 Å². The lowest BCUT2D eigenvalue weighted by atomic mass is 10.2. The van der Waals surface area contributed by atoms with Crippen LogP contribution in [0, 0.1) is 11.3 Å². The first-order chi connectivity index (χ1) is 8.63. The van der Waals surface area contributed by atoms with Gasteiger partial charge in [-0.05, 0) is 30.7 Å². The molecule has 96 valence electrons. The second kappa shape index (κ2) is 7.22. The van der Waals surface area contributed by atoms with Gasteiger partial charge in [-0.2, -0.15) is 14.0 Å². The van der Waals surface area contributed by atoms with Gasteiger partial charge in [-0.15, -0.1) is 0 Å². The van der Waals surface area contributed by atoms with Crippen molar-refractivity contribution >= 4 is 5.91 Å². The minimum atomic E-state index is -2.88. The fraction of sp³-hybridized carbons (Fsp3) is 0.333. The van der Waals surface area contributed by atoms with Gasteiger partial charge in [0.2, 0.25) is 0 Å². The number of carbonyl (C=O) groups is 1. The molecule has 1 aromatic carbocycles. The number of hydrogen-bond donors (Lipinski definition) is 1. The molecule has 0 unspecified atom stereocenters. The summed E-state index contributed by atoms with van der Waals surface area (Å²) in [6, 6.07) is 7.37. The van der Waals surface area contributed by atoms with E-state index in [1.807, 2.05) is 6.07 Å². The molecule has 1 amide bonds. The summed E-state index contributed by atoms with van der Waals surface area (Å²) in [6.45, 7) is -2.47. The first-order valence-corrected chi connectivity index (χ1v) is 5.33. The van der Waals surface area contributed by atoms with Gasteiger partial charge in [-0.1, -0.05) is 0 Å². The van der Waals surface area contributed by atoms with Crippen LogP contribution < -0.4 is 10.1 Å². The summed E-state index contributed by atoms with van der Waals surface area (Å²) in [5.74, 6) is -0.303. The van der Waals surface area contributed by atoms with Crippen LogP contribution in [0.5, 0.6) is 5.75 Å². The van der Waals surface area contributed by atoms with E-state index in [0.717, 1.165) is 0 Å². The van der Waals surface area contributed by atoms with Crippen LogP contribution in [0.4, 0.5) is 8.78 Å². The third-order valence-electron chi connectivity index (χ3n) is 2.09. The zero-order valence-electron chi connectivity index (χ0n) is 9.53. The highest BCUT2D eigenvalue weighted by atomic mass is 19.3. The number of rotatable bonds is 6. The molecule has 0 aromatic heterocycles. The molecule has 0 fully saturated rings. The lowest BCUT2D eigenvalue weighted by molar-refractivity contribution is -0.0498. The number of nitrogens with one attached hydrogen (secondary N) is 1. The Kier molecular flexibility index (Phi) is 5.58. The van der Waals surface area contributed by atoms with Crippen LogP contribution in [-0.2, 0) is 0 Å². The van der Waals surface area contributed by atoms with Gasteiger partial charge in [-0.3, -0.25) is 4.79 Å². The lowest BCUT2D eigenvalue weighted by Gasteiger charge is -2.06. The fourth-order valence-electron chi connectivity index (χ4n) is 1.26. The predicted octanol–water partition coefficient (Wildman–Crippen LogP) is 2.32. The van der Waals surface area contributed by atoms with E-state index >= 15 is 0 Å². The topological polar surface area (TPSA) is 62.1 Å². The van der Waals surface area contributed by atoms with Crippen molar-refractivity contribution in [2.24, 2.45) is 0 Å².